The molecule has 0 fully saturated rings. The van der Waals surface area contributed by atoms with Crippen molar-refractivity contribution < 1.29 is 14.3 Å². The number of nitrogens with zero attached hydrogens (tertiary/aromatic N) is 2. The first-order valence-corrected chi connectivity index (χ1v) is 11.4. The maximum Gasteiger partial charge on any atom is 0.325 e. The van der Waals surface area contributed by atoms with Gasteiger partial charge in [-0.3, -0.25) is 4.79 Å². The van der Waals surface area contributed by atoms with E-state index in [0.717, 1.165) is 27.4 Å². The summed E-state index contributed by atoms with van der Waals surface area (Å²) in [4.78, 5) is 28.1. The number of rotatable bonds is 5. The number of carbonyl (C=O) groups is 2. The minimum atomic E-state index is -0.449. The third-order valence-electron chi connectivity index (χ3n) is 5.35. The van der Waals surface area contributed by atoms with E-state index in [1.54, 1.807) is 23.6 Å². The Morgan fingerprint density at radius 2 is 1.87 bits per heavy atom. The molecule has 4 rings (SSSR count). The fourth-order valence-electron chi connectivity index (χ4n) is 3.94. The number of thioether (sulfide) groups is 1. The van der Waals surface area contributed by atoms with Gasteiger partial charge in [0.25, 0.3) is 0 Å². The van der Waals surface area contributed by atoms with Gasteiger partial charge in [0.15, 0.2) is 0 Å². The highest BCUT2D eigenvalue weighted by molar-refractivity contribution is 7.98. The largest absolute Gasteiger partial charge is 0.465 e. The molecule has 0 aliphatic carbocycles. The molecule has 0 saturated heterocycles. The Morgan fingerprint density at radius 3 is 2.61 bits per heavy atom. The molecule has 31 heavy (non-hydrogen) atoms. The normalized spacial score (nSPS) is 14.9. The number of hydrogen-bond donors (Lipinski definition) is 1. The van der Waals surface area contributed by atoms with Gasteiger partial charge in [0.2, 0.25) is 0 Å². The van der Waals surface area contributed by atoms with Crippen molar-refractivity contribution in [2.24, 2.45) is 0 Å². The van der Waals surface area contributed by atoms with Crippen molar-refractivity contribution in [2.45, 2.75) is 24.4 Å². The third-order valence-corrected chi connectivity index (χ3v) is 6.09. The molecular weight excluding hydrogens is 410 g/mol. The van der Waals surface area contributed by atoms with E-state index in [4.69, 9.17) is 4.74 Å². The van der Waals surface area contributed by atoms with E-state index in [-0.39, 0.29) is 25.2 Å². The lowest BCUT2D eigenvalue weighted by molar-refractivity contribution is -0.141. The van der Waals surface area contributed by atoms with Gasteiger partial charge in [0.05, 0.1) is 24.9 Å². The van der Waals surface area contributed by atoms with Crippen LogP contribution in [0.1, 0.15) is 29.8 Å². The maximum atomic E-state index is 13.3. The molecule has 0 spiro atoms. The van der Waals surface area contributed by atoms with Crippen LogP contribution >= 0.6 is 11.8 Å². The summed E-state index contributed by atoms with van der Waals surface area (Å²) < 4.78 is 7.10. The number of para-hydroxylation sites is 1. The molecule has 0 radical (unpaired) electrons. The first-order chi connectivity index (χ1) is 15.1. The standard InChI is InChI=1S/C24H25N3O3S/c1-3-30-22(28)15-25-24(29)27-16-18-7-4-5-8-20(18)26-14-6-9-21(26)23(27)17-10-12-19(31-2)13-11-17/h4-14,23H,3,15-16H2,1-2H3,(H,25,29)/t23-/m0/s1. The van der Waals surface area contributed by atoms with E-state index in [1.165, 1.54) is 0 Å². The minimum absolute atomic E-state index is 0.163. The molecule has 1 N–H and O–H groups in total. The molecular formula is C24H25N3O3S. The van der Waals surface area contributed by atoms with Crippen molar-refractivity contribution in [3.05, 3.63) is 83.7 Å². The van der Waals surface area contributed by atoms with Crippen molar-refractivity contribution >= 4 is 23.8 Å². The zero-order valence-corrected chi connectivity index (χ0v) is 18.4. The lowest BCUT2D eigenvalue weighted by Crippen LogP contribution is -2.44. The first kappa shape index (κ1) is 21.1. The van der Waals surface area contributed by atoms with Crippen molar-refractivity contribution in [2.75, 3.05) is 19.4 Å². The van der Waals surface area contributed by atoms with E-state index in [0.29, 0.717) is 6.54 Å². The summed E-state index contributed by atoms with van der Waals surface area (Å²) in [5.41, 5.74) is 4.09. The van der Waals surface area contributed by atoms with Crippen LogP contribution in [-0.4, -0.2) is 40.9 Å². The summed E-state index contributed by atoms with van der Waals surface area (Å²) in [7, 11) is 0. The van der Waals surface area contributed by atoms with E-state index in [9.17, 15) is 9.59 Å². The quantitative estimate of drug-likeness (QED) is 0.477. The summed E-state index contributed by atoms with van der Waals surface area (Å²) in [5.74, 6) is -0.449. The molecule has 1 aromatic heterocycles. The Balaban J connectivity index is 1.76. The third kappa shape index (κ3) is 4.32. The number of carbonyl (C=O) groups excluding carboxylic acids is 2. The van der Waals surface area contributed by atoms with Crippen LogP contribution in [0.2, 0.25) is 0 Å². The van der Waals surface area contributed by atoms with Crippen LogP contribution in [-0.2, 0) is 16.1 Å². The van der Waals surface area contributed by atoms with Gasteiger partial charge in [-0.1, -0.05) is 30.3 Å². The average molecular weight is 436 g/mol. The second-order valence-corrected chi connectivity index (χ2v) is 8.08. The zero-order chi connectivity index (χ0) is 21.8. The highest BCUT2D eigenvalue weighted by Gasteiger charge is 2.33. The van der Waals surface area contributed by atoms with Gasteiger partial charge in [0, 0.05) is 16.8 Å². The number of amides is 2. The number of nitrogens with one attached hydrogen (secondary N) is 1. The smallest absolute Gasteiger partial charge is 0.325 e. The molecule has 0 bridgehead atoms. The molecule has 6 nitrogen and oxygen atoms in total. The van der Waals surface area contributed by atoms with Gasteiger partial charge in [0.1, 0.15) is 6.54 Å². The number of hydrogen-bond acceptors (Lipinski definition) is 4. The molecule has 2 heterocycles. The van der Waals surface area contributed by atoms with Crippen molar-refractivity contribution in [1.29, 1.82) is 0 Å². The van der Waals surface area contributed by atoms with Gasteiger partial charge >= 0.3 is 12.0 Å². The summed E-state index contributed by atoms with van der Waals surface area (Å²) in [6.45, 7) is 2.28. The molecule has 1 aliphatic rings. The molecule has 1 atom stereocenters. The number of ether oxygens (including phenoxy) is 1. The van der Waals surface area contributed by atoms with Crippen molar-refractivity contribution in [3.8, 4) is 5.69 Å². The minimum Gasteiger partial charge on any atom is -0.465 e. The fraction of sp³-hybridized carbons (Fsp3) is 0.250. The van der Waals surface area contributed by atoms with Crippen LogP contribution < -0.4 is 5.32 Å². The maximum absolute atomic E-state index is 13.3. The van der Waals surface area contributed by atoms with Crippen LogP contribution in [0.5, 0.6) is 0 Å². The van der Waals surface area contributed by atoms with Crippen LogP contribution in [0.25, 0.3) is 5.69 Å². The van der Waals surface area contributed by atoms with E-state index >= 15 is 0 Å². The highest BCUT2D eigenvalue weighted by atomic mass is 32.2. The van der Waals surface area contributed by atoms with E-state index in [2.05, 4.69) is 40.2 Å². The van der Waals surface area contributed by atoms with Crippen LogP contribution in [0.3, 0.4) is 0 Å². The summed E-state index contributed by atoms with van der Waals surface area (Å²) >= 11 is 1.68. The van der Waals surface area contributed by atoms with Gasteiger partial charge in [-0.25, -0.2) is 4.79 Å². The Kier molecular flexibility index (Phi) is 6.32. The summed E-state index contributed by atoms with van der Waals surface area (Å²) in [5, 5.41) is 2.74. The van der Waals surface area contributed by atoms with Gasteiger partial charge in [-0.2, -0.15) is 0 Å². The molecule has 2 aromatic carbocycles. The fourth-order valence-corrected chi connectivity index (χ4v) is 4.35. The molecule has 0 unspecified atom stereocenters. The van der Waals surface area contributed by atoms with Crippen molar-refractivity contribution in [1.82, 2.24) is 14.8 Å². The zero-order valence-electron chi connectivity index (χ0n) is 17.6. The van der Waals surface area contributed by atoms with Crippen LogP contribution in [0.4, 0.5) is 4.79 Å². The monoisotopic (exact) mass is 435 g/mol. The molecule has 1 aliphatic heterocycles. The SMILES string of the molecule is CCOC(=O)CNC(=O)N1Cc2ccccc2-n2cccc2[C@@H]1c1ccc(SC)cc1. The number of aromatic nitrogens is 1. The Labute approximate surface area is 186 Å². The predicted molar refractivity (Wildman–Crippen MR) is 121 cm³/mol. The van der Waals surface area contributed by atoms with Crippen LogP contribution in [0.15, 0.2) is 71.8 Å². The number of urea groups is 1. The summed E-state index contributed by atoms with van der Waals surface area (Å²) in [6.07, 6.45) is 4.06. The number of esters is 1. The van der Waals surface area contributed by atoms with Crippen molar-refractivity contribution in [3.63, 3.8) is 0 Å². The highest BCUT2D eigenvalue weighted by Crippen LogP contribution is 2.37. The molecule has 7 heteroatoms. The topological polar surface area (TPSA) is 63.6 Å². The van der Waals surface area contributed by atoms with Gasteiger partial charge in [-0.05, 0) is 54.6 Å². The van der Waals surface area contributed by atoms with E-state index < -0.39 is 5.97 Å². The second kappa shape index (κ2) is 9.31. The lowest BCUT2D eigenvalue weighted by Gasteiger charge is -2.31. The van der Waals surface area contributed by atoms with Gasteiger partial charge < -0.3 is 19.5 Å². The van der Waals surface area contributed by atoms with Gasteiger partial charge in [-0.15, -0.1) is 11.8 Å². The Morgan fingerprint density at radius 1 is 1.10 bits per heavy atom. The first-order valence-electron chi connectivity index (χ1n) is 10.2. The van der Waals surface area contributed by atoms with E-state index in [1.807, 2.05) is 42.8 Å². The lowest BCUT2D eigenvalue weighted by atomic mass is 10.0. The summed E-state index contributed by atoms with van der Waals surface area (Å²) in [6, 6.07) is 19.8. The Bertz CT molecular complexity index is 1080. The molecule has 160 valence electrons. The number of benzene rings is 2. The molecule has 0 saturated carbocycles. The van der Waals surface area contributed by atoms with Crippen LogP contribution in [0, 0.1) is 0 Å². The Hall–Kier alpha value is -3.19. The predicted octanol–water partition coefficient (Wildman–Crippen LogP) is 4.38. The second-order valence-electron chi connectivity index (χ2n) is 7.20. The molecule has 2 amide bonds. The average Bonchev–Trinajstić information content (AvgIpc) is 3.22. The molecule has 3 aromatic rings. The number of fused-ring (bicyclic) bond motifs is 3.